The Kier molecular flexibility index (Phi) is 4.71. The van der Waals surface area contributed by atoms with Gasteiger partial charge >= 0.3 is 0 Å². The van der Waals surface area contributed by atoms with E-state index in [4.69, 9.17) is 0 Å². The van der Waals surface area contributed by atoms with Crippen LogP contribution in [0.2, 0.25) is 0 Å². The second-order valence-corrected chi connectivity index (χ2v) is 7.72. The van der Waals surface area contributed by atoms with Crippen LogP contribution in [-0.2, 0) is 4.79 Å². The summed E-state index contributed by atoms with van der Waals surface area (Å²) in [7, 11) is 0. The number of phenols is 1. The lowest BCUT2D eigenvalue weighted by molar-refractivity contribution is -0.125. The van der Waals surface area contributed by atoms with Crippen molar-refractivity contribution in [1.82, 2.24) is 25.1 Å². The van der Waals surface area contributed by atoms with Crippen LogP contribution in [0.25, 0.3) is 22.3 Å². The van der Waals surface area contributed by atoms with Crippen molar-refractivity contribution in [2.75, 3.05) is 13.1 Å². The predicted octanol–water partition coefficient (Wildman–Crippen LogP) is 3.62. The van der Waals surface area contributed by atoms with Crippen LogP contribution in [0.1, 0.15) is 23.1 Å². The van der Waals surface area contributed by atoms with Crippen LogP contribution in [0, 0.1) is 0 Å². The number of fused-ring (bicyclic) bond motifs is 1. The third kappa shape index (κ3) is 3.44. The van der Waals surface area contributed by atoms with Crippen LogP contribution in [0.15, 0.2) is 73.6 Å². The van der Waals surface area contributed by atoms with Crippen molar-refractivity contribution in [1.29, 1.82) is 0 Å². The summed E-state index contributed by atoms with van der Waals surface area (Å²) in [5.41, 5.74) is 4.06. The Balaban J connectivity index is 1.54. The molecule has 0 spiro atoms. The zero-order chi connectivity index (χ0) is 21.4. The van der Waals surface area contributed by atoms with Crippen molar-refractivity contribution in [3.05, 3.63) is 84.8 Å². The number of aromatic nitrogens is 4. The Morgan fingerprint density at radius 1 is 1.10 bits per heavy atom. The van der Waals surface area contributed by atoms with E-state index in [0.717, 1.165) is 16.6 Å². The van der Waals surface area contributed by atoms with Crippen molar-refractivity contribution in [2.24, 2.45) is 0 Å². The van der Waals surface area contributed by atoms with Gasteiger partial charge in [-0.1, -0.05) is 18.7 Å². The van der Waals surface area contributed by atoms with Crippen molar-refractivity contribution in [2.45, 2.75) is 11.8 Å². The van der Waals surface area contributed by atoms with Gasteiger partial charge in [-0.3, -0.25) is 9.78 Å². The van der Waals surface area contributed by atoms with E-state index in [1.807, 2.05) is 35.2 Å². The zero-order valence-electron chi connectivity index (χ0n) is 16.8. The van der Waals surface area contributed by atoms with Gasteiger partial charge in [-0.05, 0) is 48.0 Å². The fourth-order valence-electron chi connectivity index (χ4n) is 4.35. The molecule has 0 radical (unpaired) electrons. The standard InChI is InChI=1S/C24H21N5O2/c1-2-23(31)29-13-18(15-7-9-25-10-8-15)19(14-29)20-11-16-12-21(27-28-24(16)26-20)17-5-3-4-6-22(17)30/h2-12,18-19,30H,1,13-14H2,(H,26,28)/t18-,19+/m0/s1. The smallest absolute Gasteiger partial charge is 0.245 e. The molecule has 4 heterocycles. The van der Waals surface area contributed by atoms with Crippen molar-refractivity contribution >= 4 is 16.9 Å². The molecule has 1 amide bonds. The number of aromatic hydroxyl groups is 1. The number of nitrogens with zero attached hydrogens (tertiary/aromatic N) is 4. The van der Waals surface area contributed by atoms with Gasteiger partial charge in [0.15, 0.2) is 5.65 Å². The number of hydrogen-bond acceptors (Lipinski definition) is 5. The number of benzene rings is 1. The molecule has 4 aromatic rings. The largest absolute Gasteiger partial charge is 0.507 e. The van der Waals surface area contributed by atoms with Crippen molar-refractivity contribution in [3.63, 3.8) is 0 Å². The molecule has 0 aliphatic carbocycles. The molecule has 3 aromatic heterocycles. The average molecular weight is 411 g/mol. The summed E-state index contributed by atoms with van der Waals surface area (Å²) in [6.07, 6.45) is 4.92. The van der Waals surface area contributed by atoms with Gasteiger partial charge in [-0.25, -0.2) is 0 Å². The molecular formula is C24H21N5O2. The maximum Gasteiger partial charge on any atom is 0.245 e. The number of pyridine rings is 1. The first-order valence-corrected chi connectivity index (χ1v) is 10.1. The van der Waals surface area contributed by atoms with Gasteiger partial charge in [0.25, 0.3) is 0 Å². The maximum absolute atomic E-state index is 12.3. The topological polar surface area (TPSA) is 95.0 Å². The van der Waals surface area contributed by atoms with Crippen LogP contribution < -0.4 is 0 Å². The van der Waals surface area contributed by atoms with Gasteiger partial charge in [0.2, 0.25) is 5.91 Å². The summed E-state index contributed by atoms with van der Waals surface area (Å²) in [5, 5.41) is 19.7. The van der Waals surface area contributed by atoms with Gasteiger partial charge in [-0.2, -0.15) is 0 Å². The molecule has 0 unspecified atom stereocenters. The summed E-state index contributed by atoms with van der Waals surface area (Å²) in [6, 6.07) is 15.0. The second-order valence-electron chi connectivity index (χ2n) is 7.72. The summed E-state index contributed by atoms with van der Waals surface area (Å²) < 4.78 is 0. The fraction of sp³-hybridized carbons (Fsp3) is 0.167. The monoisotopic (exact) mass is 411 g/mol. The van der Waals surface area contributed by atoms with Gasteiger partial charge in [0.1, 0.15) is 5.75 Å². The summed E-state index contributed by atoms with van der Waals surface area (Å²) in [5.74, 6) is 0.304. The lowest BCUT2D eigenvalue weighted by atomic mass is 9.87. The number of H-pyrrole nitrogens is 1. The quantitative estimate of drug-likeness (QED) is 0.500. The minimum Gasteiger partial charge on any atom is -0.507 e. The number of para-hydroxylation sites is 1. The Labute approximate surface area is 179 Å². The number of hydrogen-bond donors (Lipinski definition) is 2. The molecule has 5 rings (SSSR count). The highest BCUT2D eigenvalue weighted by Crippen LogP contribution is 2.40. The number of likely N-dealkylation sites (tertiary alicyclic amines) is 1. The van der Waals surface area contributed by atoms with Gasteiger partial charge in [0.05, 0.1) is 5.69 Å². The highest BCUT2D eigenvalue weighted by atomic mass is 16.3. The normalized spacial score (nSPS) is 18.4. The third-order valence-corrected chi connectivity index (χ3v) is 5.92. The maximum atomic E-state index is 12.3. The molecule has 7 heteroatoms. The van der Waals surface area contributed by atoms with E-state index in [2.05, 4.69) is 32.8 Å². The van der Waals surface area contributed by atoms with Gasteiger partial charge in [-0.15, -0.1) is 10.2 Å². The van der Waals surface area contributed by atoms with Crippen LogP contribution in [0.4, 0.5) is 0 Å². The SMILES string of the molecule is C=CC(=O)N1C[C@@H](c2ccncc2)[C@H](c2cc3cc(-c4ccccc4O)nnc3[nH]2)C1. The first kappa shape index (κ1) is 19.0. The number of aromatic amines is 1. The molecular weight excluding hydrogens is 390 g/mol. The van der Waals surface area contributed by atoms with Gasteiger partial charge in [0, 0.05) is 54.0 Å². The molecule has 0 bridgehead atoms. The minimum absolute atomic E-state index is 0.0701. The zero-order valence-corrected chi connectivity index (χ0v) is 16.8. The molecule has 1 saturated heterocycles. The van der Waals surface area contributed by atoms with Crippen LogP contribution in [0.3, 0.4) is 0 Å². The molecule has 31 heavy (non-hydrogen) atoms. The molecule has 1 aliphatic heterocycles. The Morgan fingerprint density at radius 3 is 2.65 bits per heavy atom. The van der Waals surface area contributed by atoms with E-state index in [-0.39, 0.29) is 23.5 Å². The molecule has 7 nitrogen and oxygen atoms in total. The first-order chi connectivity index (χ1) is 15.1. The molecule has 0 saturated carbocycles. The molecule has 2 N–H and O–H groups in total. The summed E-state index contributed by atoms with van der Waals surface area (Å²) in [6.45, 7) is 4.84. The Bertz CT molecular complexity index is 1270. The lowest BCUT2D eigenvalue weighted by Gasteiger charge is -2.17. The minimum atomic E-state index is -0.0701. The van der Waals surface area contributed by atoms with Crippen molar-refractivity contribution < 1.29 is 9.90 Å². The number of nitrogens with one attached hydrogen (secondary N) is 1. The van der Waals surface area contributed by atoms with Crippen molar-refractivity contribution in [3.8, 4) is 17.0 Å². The van der Waals surface area contributed by atoms with Gasteiger partial charge < -0.3 is 15.0 Å². The van der Waals surface area contributed by atoms with Crippen LogP contribution >= 0.6 is 0 Å². The highest BCUT2D eigenvalue weighted by Gasteiger charge is 2.37. The molecule has 1 fully saturated rings. The Morgan fingerprint density at radius 2 is 1.87 bits per heavy atom. The lowest BCUT2D eigenvalue weighted by Crippen LogP contribution is -2.26. The number of phenolic OH excluding ortho intramolecular Hbond substituents is 1. The van der Waals surface area contributed by atoms with E-state index in [1.54, 1.807) is 24.5 Å². The summed E-state index contributed by atoms with van der Waals surface area (Å²) in [4.78, 5) is 21.7. The van der Waals surface area contributed by atoms with Crippen LogP contribution in [0.5, 0.6) is 5.75 Å². The van der Waals surface area contributed by atoms with E-state index >= 15 is 0 Å². The average Bonchev–Trinajstić information content (AvgIpc) is 3.43. The molecule has 1 aromatic carbocycles. The second kappa shape index (κ2) is 7.68. The Hall–Kier alpha value is -4.00. The van der Waals surface area contributed by atoms with E-state index in [9.17, 15) is 9.90 Å². The molecule has 1 aliphatic rings. The predicted molar refractivity (Wildman–Crippen MR) is 117 cm³/mol. The van der Waals surface area contributed by atoms with E-state index in [1.165, 1.54) is 6.08 Å². The third-order valence-electron chi connectivity index (χ3n) is 5.92. The van der Waals surface area contributed by atoms with E-state index in [0.29, 0.717) is 30.0 Å². The summed E-state index contributed by atoms with van der Waals surface area (Å²) >= 11 is 0. The molecule has 154 valence electrons. The number of carbonyl (C=O) groups is 1. The number of amides is 1. The molecule has 2 atom stereocenters. The number of carbonyl (C=O) groups excluding carboxylic acids is 1. The fourth-order valence-corrected chi connectivity index (χ4v) is 4.35. The number of rotatable bonds is 4. The van der Waals surface area contributed by atoms with E-state index < -0.39 is 0 Å². The van der Waals surface area contributed by atoms with Crippen LogP contribution in [-0.4, -0.2) is 49.2 Å². The first-order valence-electron chi connectivity index (χ1n) is 10.1. The highest BCUT2D eigenvalue weighted by molar-refractivity contribution is 5.87.